The number of aromatic nitrogens is 1. The fourth-order valence-corrected chi connectivity index (χ4v) is 5.35. The molecule has 0 unspecified atom stereocenters. The van der Waals surface area contributed by atoms with Crippen LogP contribution in [0.1, 0.15) is 62.8 Å². The highest BCUT2D eigenvalue weighted by Gasteiger charge is 2.22. The molecule has 2 aromatic rings. The summed E-state index contributed by atoms with van der Waals surface area (Å²) >= 11 is 0. The number of methoxy groups -OCH3 is 1. The molecule has 0 amide bonds. The number of aryl methyl sites for hydroxylation is 1. The van der Waals surface area contributed by atoms with Gasteiger partial charge >= 0.3 is 0 Å². The normalized spacial score (nSPS) is 15.1. The van der Waals surface area contributed by atoms with E-state index in [2.05, 4.69) is 4.98 Å². The number of ketones is 1. The molecule has 1 aromatic carbocycles. The molecule has 8 heteroatoms. The van der Waals surface area contributed by atoms with Crippen molar-refractivity contribution < 1.29 is 27.1 Å². The van der Waals surface area contributed by atoms with Crippen LogP contribution in [0.15, 0.2) is 28.7 Å². The van der Waals surface area contributed by atoms with Crippen LogP contribution in [0.5, 0.6) is 5.75 Å². The van der Waals surface area contributed by atoms with Crippen LogP contribution in [0, 0.1) is 6.92 Å². The van der Waals surface area contributed by atoms with Crippen LogP contribution < -0.4 is 4.74 Å². The fraction of sp³-hybridized carbons (Fsp3) is 0.583. The molecule has 1 aliphatic carbocycles. The molecule has 1 aliphatic rings. The summed E-state index contributed by atoms with van der Waals surface area (Å²) in [4.78, 5) is 16.6. The molecule has 1 fully saturated rings. The van der Waals surface area contributed by atoms with E-state index in [0.29, 0.717) is 47.8 Å². The molecule has 0 spiro atoms. The minimum absolute atomic E-state index is 0.250. The van der Waals surface area contributed by atoms with Gasteiger partial charge in [0.1, 0.15) is 23.0 Å². The Hall–Kier alpha value is -2.19. The van der Waals surface area contributed by atoms with E-state index >= 15 is 0 Å². The number of sulfone groups is 1. The van der Waals surface area contributed by atoms with E-state index in [0.717, 1.165) is 19.3 Å². The van der Waals surface area contributed by atoms with Crippen LogP contribution >= 0.6 is 0 Å². The van der Waals surface area contributed by atoms with Gasteiger partial charge in [-0.2, -0.15) is 0 Å². The number of carbonyl (C=O) groups is 1. The van der Waals surface area contributed by atoms with Crippen LogP contribution in [-0.4, -0.2) is 44.8 Å². The Morgan fingerprint density at radius 2 is 1.97 bits per heavy atom. The van der Waals surface area contributed by atoms with Gasteiger partial charge in [-0.25, -0.2) is 13.4 Å². The zero-order chi connectivity index (χ0) is 23.0. The monoisotopic (exact) mass is 463 g/mol. The Bertz CT molecular complexity index is 992. The Morgan fingerprint density at radius 3 is 2.72 bits per heavy atom. The summed E-state index contributed by atoms with van der Waals surface area (Å²) in [6, 6.07) is 7.19. The van der Waals surface area contributed by atoms with Gasteiger partial charge in [0, 0.05) is 18.6 Å². The SMILES string of the molecule is COc1cccc(-c2nc(CS(=O)(=O)CC(=O)CCCCOC3CCCCC3)c(C)o2)c1. The molecule has 32 heavy (non-hydrogen) atoms. The average molecular weight is 464 g/mol. The van der Waals surface area contributed by atoms with Crippen LogP contribution in [0.3, 0.4) is 0 Å². The zero-order valence-electron chi connectivity index (χ0n) is 19.0. The van der Waals surface area contributed by atoms with Gasteiger partial charge in [0.2, 0.25) is 5.89 Å². The first kappa shape index (κ1) is 24.5. The summed E-state index contributed by atoms with van der Waals surface area (Å²) in [6.07, 6.45) is 8.01. The summed E-state index contributed by atoms with van der Waals surface area (Å²) in [6.45, 7) is 2.31. The van der Waals surface area contributed by atoms with Crippen LogP contribution in [0.25, 0.3) is 11.5 Å². The number of Topliss-reactive ketones (excluding diaryl/α,β-unsaturated/α-hetero) is 1. The lowest BCUT2D eigenvalue weighted by molar-refractivity contribution is -0.116. The topological polar surface area (TPSA) is 95.7 Å². The third-order valence-electron chi connectivity index (χ3n) is 5.70. The van der Waals surface area contributed by atoms with Gasteiger partial charge in [-0.15, -0.1) is 0 Å². The fourth-order valence-electron chi connectivity index (χ4n) is 3.92. The number of rotatable bonds is 12. The van der Waals surface area contributed by atoms with Crippen molar-refractivity contribution in [3.8, 4) is 17.2 Å². The molecule has 176 valence electrons. The van der Waals surface area contributed by atoms with Gasteiger partial charge in [-0.1, -0.05) is 25.3 Å². The van der Waals surface area contributed by atoms with Crippen molar-refractivity contribution in [3.05, 3.63) is 35.7 Å². The van der Waals surface area contributed by atoms with Crippen molar-refractivity contribution in [2.45, 2.75) is 70.1 Å². The Balaban J connectivity index is 1.46. The summed E-state index contributed by atoms with van der Waals surface area (Å²) < 4.78 is 41.8. The van der Waals surface area contributed by atoms with E-state index in [1.807, 2.05) is 12.1 Å². The highest BCUT2D eigenvalue weighted by molar-refractivity contribution is 7.91. The van der Waals surface area contributed by atoms with E-state index in [9.17, 15) is 13.2 Å². The first-order chi connectivity index (χ1) is 15.4. The van der Waals surface area contributed by atoms with E-state index < -0.39 is 15.6 Å². The first-order valence-corrected chi connectivity index (χ1v) is 13.1. The van der Waals surface area contributed by atoms with Gasteiger partial charge in [0.05, 0.1) is 24.7 Å². The predicted molar refractivity (Wildman–Crippen MR) is 122 cm³/mol. The number of carbonyl (C=O) groups excluding carboxylic acids is 1. The van der Waals surface area contributed by atoms with E-state index in [4.69, 9.17) is 13.9 Å². The van der Waals surface area contributed by atoms with Crippen molar-refractivity contribution >= 4 is 15.6 Å². The number of oxazole rings is 1. The second-order valence-corrected chi connectivity index (χ2v) is 10.5. The van der Waals surface area contributed by atoms with E-state index in [1.54, 1.807) is 26.2 Å². The number of ether oxygens (including phenoxy) is 2. The lowest BCUT2D eigenvalue weighted by Crippen LogP contribution is -2.19. The Morgan fingerprint density at radius 1 is 1.19 bits per heavy atom. The summed E-state index contributed by atoms with van der Waals surface area (Å²) in [7, 11) is -2.06. The van der Waals surface area contributed by atoms with Crippen molar-refractivity contribution in [2.24, 2.45) is 0 Å². The van der Waals surface area contributed by atoms with Crippen LogP contribution in [0.4, 0.5) is 0 Å². The smallest absolute Gasteiger partial charge is 0.226 e. The number of unbranched alkanes of at least 4 members (excludes halogenated alkanes) is 1. The van der Waals surface area contributed by atoms with Crippen molar-refractivity contribution in [1.29, 1.82) is 0 Å². The number of hydrogen-bond acceptors (Lipinski definition) is 7. The highest BCUT2D eigenvalue weighted by atomic mass is 32.2. The van der Waals surface area contributed by atoms with Crippen LogP contribution in [0.2, 0.25) is 0 Å². The molecule has 1 heterocycles. The standard InChI is InChI=1S/C24H33NO6S/c1-18-23(25-24(31-18)19-9-8-13-22(15-19)29-2)17-32(27,28)16-20(26)10-6-7-14-30-21-11-4-3-5-12-21/h8-9,13,15,21H,3-7,10-12,14,16-17H2,1-2H3. The molecule has 1 saturated carbocycles. The lowest BCUT2D eigenvalue weighted by Gasteiger charge is -2.21. The average Bonchev–Trinajstić information content (AvgIpc) is 3.13. The molecule has 0 radical (unpaired) electrons. The van der Waals surface area contributed by atoms with Gasteiger partial charge in [0.15, 0.2) is 9.84 Å². The number of hydrogen-bond donors (Lipinski definition) is 0. The summed E-state index contributed by atoms with van der Waals surface area (Å²) in [5.74, 6) is 0.355. The summed E-state index contributed by atoms with van der Waals surface area (Å²) in [5, 5.41) is 0. The first-order valence-electron chi connectivity index (χ1n) is 11.3. The molecule has 0 saturated heterocycles. The maximum Gasteiger partial charge on any atom is 0.226 e. The molecular formula is C24H33NO6S. The quantitative estimate of drug-likeness (QED) is 0.422. The minimum atomic E-state index is -3.63. The number of nitrogens with zero attached hydrogens (tertiary/aromatic N) is 1. The molecule has 1 aromatic heterocycles. The Labute approximate surface area is 190 Å². The van der Waals surface area contributed by atoms with Gasteiger partial charge < -0.3 is 13.9 Å². The van der Waals surface area contributed by atoms with E-state index in [1.165, 1.54) is 19.3 Å². The second kappa shape index (κ2) is 11.6. The molecule has 0 N–H and O–H groups in total. The van der Waals surface area contributed by atoms with Crippen molar-refractivity contribution in [1.82, 2.24) is 4.98 Å². The third-order valence-corrected chi connectivity index (χ3v) is 7.18. The summed E-state index contributed by atoms with van der Waals surface area (Å²) in [5.41, 5.74) is 1.03. The van der Waals surface area contributed by atoms with Crippen LogP contribution in [-0.2, 0) is 25.1 Å². The molecule has 0 bridgehead atoms. The number of benzene rings is 1. The predicted octanol–water partition coefficient (Wildman–Crippen LogP) is 4.66. The molecule has 3 rings (SSSR count). The van der Waals surface area contributed by atoms with Gasteiger partial charge in [-0.05, 0) is 50.8 Å². The van der Waals surface area contributed by atoms with Gasteiger partial charge in [0.25, 0.3) is 0 Å². The minimum Gasteiger partial charge on any atom is -0.497 e. The largest absolute Gasteiger partial charge is 0.497 e. The molecular weight excluding hydrogens is 430 g/mol. The zero-order valence-corrected chi connectivity index (χ0v) is 19.8. The Kier molecular flexibility index (Phi) is 8.87. The second-order valence-electron chi connectivity index (χ2n) is 8.41. The molecule has 0 atom stereocenters. The lowest BCUT2D eigenvalue weighted by atomic mass is 9.98. The maximum atomic E-state index is 12.6. The molecule has 0 aliphatic heterocycles. The highest BCUT2D eigenvalue weighted by Crippen LogP contribution is 2.26. The molecule has 7 nitrogen and oxygen atoms in total. The van der Waals surface area contributed by atoms with Gasteiger partial charge in [-0.3, -0.25) is 4.79 Å². The van der Waals surface area contributed by atoms with E-state index in [-0.39, 0.29) is 18.0 Å². The maximum absolute atomic E-state index is 12.6. The van der Waals surface area contributed by atoms with Crippen molar-refractivity contribution in [3.63, 3.8) is 0 Å². The third kappa shape index (κ3) is 7.45. The van der Waals surface area contributed by atoms with Crippen molar-refractivity contribution in [2.75, 3.05) is 19.5 Å².